The summed E-state index contributed by atoms with van der Waals surface area (Å²) in [4.78, 5) is 24.8. The van der Waals surface area contributed by atoms with Gasteiger partial charge in [-0.15, -0.1) is 0 Å². The Kier molecular flexibility index (Phi) is 4.81. The first-order chi connectivity index (χ1) is 12.9. The molecule has 1 atom stereocenters. The molecular weight excluding hydrogens is 372 g/mol. The first kappa shape index (κ1) is 18.6. The second-order valence-corrected chi connectivity index (χ2v) is 9.56. The van der Waals surface area contributed by atoms with Crippen LogP contribution >= 0.6 is 0 Å². The largest absolute Gasteiger partial charge is 0.354 e. The van der Waals surface area contributed by atoms with Crippen molar-refractivity contribution in [1.29, 1.82) is 0 Å². The predicted molar refractivity (Wildman–Crippen MR) is 97.3 cm³/mol. The molecule has 0 aromatic carbocycles. The third kappa shape index (κ3) is 3.78. The number of carbonyl (C=O) groups is 1. The zero-order valence-electron chi connectivity index (χ0n) is 15.3. The zero-order chi connectivity index (χ0) is 19.1. The van der Waals surface area contributed by atoms with Gasteiger partial charge in [0.2, 0.25) is 0 Å². The van der Waals surface area contributed by atoms with Crippen molar-refractivity contribution in [1.82, 2.24) is 14.9 Å². The normalized spacial score (nSPS) is 26.4. The number of sulfone groups is 1. The molecule has 10 heteroatoms. The third-order valence-electron chi connectivity index (χ3n) is 5.60. The first-order valence-electron chi connectivity index (χ1n) is 9.20. The molecule has 4 heterocycles. The maximum absolute atomic E-state index is 12.7. The molecule has 0 saturated carbocycles. The number of amides is 1. The zero-order valence-corrected chi connectivity index (χ0v) is 16.2. The number of anilines is 1. The summed E-state index contributed by atoms with van der Waals surface area (Å²) >= 11 is 0. The Bertz CT molecular complexity index is 797. The first-order valence-corrected chi connectivity index (χ1v) is 11.0. The van der Waals surface area contributed by atoms with E-state index in [1.54, 1.807) is 4.90 Å². The molecule has 1 aromatic rings. The summed E-state index contributed by atoms with van der Waals surface area (Å²) in [5, 5.41) is 0. The van der Waals surface area contributed by atoms with E-state index in [2.05, 4.69) is 9.97 Å². The summed E-state index contributed by atoms with van der Waals surface area (Å²) in [6.07, 6.45) is 4.89. The van der Waals surface area contributed by atoms with E-state index in [-0.39, 0.29) is 29.1 Å². The smallest absolute Gasteiger partial charge is 0.274 e. The summed E-state index contributed by atoms with van der Waals surface area (Å²) in [6.45, 7) is 2.33. The molecule has 0 N–H and O–H groups in total. The van der Waals surface area contributed by atoms with Crippen molar-refractivity contribution in [3.8, 4) is 0 Å². The molecule has 0 bridgehead atoms. The van der Waals surface area contributed by atoms with Crippen molar-refractivity contribution < 1.29 is 22.7 Å². The highest BCUT2D eigenvalue weighted by Crippen LogP contribution is 2.31. The number of piperidine rings is 1. The molecule has 3 aliphatic rings. The molecule has 1 aromatic heterocycles. The minimum Gasteiger partial charge on any atom is -0.354 e. The number of carbonyl (C=O) groups excluding carboxylic acids is 1. The van der Waals surface area contributed by atoms with Gasteiger partial charge < -0.3 is 19.3 Å². The standard InChI is InChI=1S/C17H24N4O5S/c1-20(13-2-9-27(23,24)12-13)15-11-18-14(10-19-15)16(22)21-5-3-17(4-6-21)25-7-8-26-17/h10-11,13H,2-9,12H2,1H3. The summed E-state index contributed by atoms with van der Waals surface area (Å²) in [7, 11) is -1.16. The molecule has 3 fully saturated rings. The third-order valence-corrected chi connectivity index (χ3v) is 7.35. The fraction of sp³-hybridized carbons (Fsp3) is 0.706. The van der Waals surface area contributed by atoms with Crippen LogP contribution in [0.4, 0.5) is 5.82 Å². The van der Waals surface area contributed by atoms with Crippen LogP contribution in [0.3, 0.4) is 0 Å². The molecule has 148 valence electrons. The van der Waals surface area contributed by atoms with Crippen molar-refractivity contribution in [3.63, 3.8) is 0 Å². The van der Waals surface area contributed by atoms with E-state index < -0.39 is 15.6 Å². The predicted octanol–water partition coefficient (Wildman–Crippen LogP) is 0.0790. The van der Waals surface area contributed by atoms with Gasteiger partial charge in [0.05, 0.1) is 37.1 Å². The summed E-state index contributed by atoms with van der Waals surface area (Å²) in [5.74, 6) is 0.227. The maximum Gasteiger partial charge on any atom is 0.274 e. The van der Waals surface area contributed by atoms with E-state index in [0.29, 0.717) is 51.4 Å². The number of nitrogens with zero attached hydrogens (tertiary/aromatic N) is 4. The Labute approximate surface area is 158 Å². The van der Waals surface area contributed by atoms with E-state index in [1.807, 2.05) is 11.9 Å². The van der Waals surface area contributed by atoms with Crippen molar-refractivity contribution in [2.75, 3.05) is 49.8 Å². The van der Waals surface area contributed by atoms with Gasteiger partial charge in [0, 0.05) is 39.0 Å². The fourth-order valence-corrected chi connectivity index (χ4v) is 5.65. The van der Waals surface area contributed by atoms with Gasteiger partial charge in [-0.1, -0.05) is 0 Å². The molecule has 1 unspecified atom stereocenters. The minimum absolute atomic E-state index is 0.101. The lowest BCUT2D eigenvalue weighted by Gasteiger charge is -2.37. The van der Waals surface area contributed by atoms with Crippen LogP contribution in [-0.2, 0) is 19.3 Å². The van der Waals surface area contributed by atoms with Crippen LogP contribution in [0.15, 0.2) is 12.4 Å². The van der Waals surface area contributed by atoms with Crippen molar-refractivity contribution >= 4 is 21.6 Å². The van der Waals surface area contributed by atoms with Crippen LogP contribution in [-0.4, -0.2) is 85.9 Å². The van der Waals surface area contributed by atoms with Crippen LogP contribution in [0.25, 0.3) is 0 Å². The SMILES string of the molecule is CN(c1cnc(C(=O)N2CCC3(CC2)OCCO3)cn1)C1CCS(=O)(=O)C1. The van der Waals surface area contributed by atoms with E-state index in [0.717, 1.165) is 0 Å². The Morgan fingerprint density at radius 3 is 2.48 bits per heavy atom. The summed E-state index contributed by atoms with van der Waals surface area (Å²) in [5.41, 5.74) is 0.287. The molecule has 9 nitrogen and oxygen atoms in total. The average Bonchev–Trinajstić information content (AvgIpc) is 3.28. The monoisotopic (exact) mass is 396 g/mol. The summed E-state index contributed by atoms with van der Waals surface area (Å²) in [6, 6.07) is -0.101. The molecule has 0 radical (unpaired) electrons. The number of rotatable bonds is 3. The van der Waals surface area contributed by atoms with Crippen LogP contribution in [0.1, 0.15) is 29.8 Å². The molecule has 27 heavy (non-hydrogen) atoms. The number of ether oxygens (including phenoxy) is 2. The molecule has 4 rings (SSSR count). The molecule has 1 spiro atoms. The van der Waals surface area contributed by atoms with Gasteiger partial charge in [-0.05, 0) is 6.42 Å². The molecule has 3 saturated heterocycles. The van der Waals surface area contributed by atoms with E-state index in [4.69, 9.17) is 9.47 Å². The van der Waals surface area contributed by atoms with Crippen LogP contribution in [0.5, 0.6) is 0 Å². The molecular formula is C17H24N4O5S. The van der Waals surface area contributed by atoms with Crippen molar-refractivity contribution in [2.45, 2.75) is 31.1 Å². The van der Waals surface area contributed by atoms with Gasteiger partial charge in [0.1, 0.15) is 11.5 Å². The van der Waals surface area contributed by atoms with Crippen molar-refractivity contribution in [3.05, 3.63) is 18.1 Å². The number of hydrogen-bond donors (Lipinski definition) is 0. The highest BCUT2D eigenvalue weighted by Gasteiger charge is 2.41. The Morgan fingerprint density at radius 1 is 1.22 bits per heavy atom. The van der Waals surface area contributed by atoms with Gasteiger partial charge in [0.25, 0.3) is 5.91 Å². The van der Waals surface area contributed by atoms with Crippen LogP contribution in [0, 0.1) is 0 Å². The van der Waals surface area contributed by atoms with Gasteiger partial charge in [0.15, 0.2) is 15.6 Å². The topological polar surface area (TPSA) is 102 Å². The Balaban J connectivity index is 1.38. The second-order valence-electron chi connectivity index (χ2n) is 7.33. The highest BCUT2D eigenvalue weighted by molar-refractivity contribution is 7.91. The average molecular weight is 396 g/mol. The maximum atomic E-state index is 12.7. The van der Waals surface area contributed by atoms with Gasteiger partial charge in [-0.25, -0.2) is 18.4 Å². The Morgan fingerprint density at radius 2 is 1.93 bits per heavy atom. The second kappa shape index (κ2) is 6.99. The summed E-state index contributed by atoms with van der Waals surface area (Å²) < 4.78 is 34.7. The van der Waals surface area contributed by atoms with Crippen LogP contribution in [0.2, 0.25) is 0 Å². The Hall–Kier alpha value is -1.78. The fourth-order valence-electron chi connectivity index (χ4n) is 3.88. The highest BCUT2D eigenvalue weighted by atomic mass is 32.2. The minimum atomic E-state index is -2.97. The molecule has 1 amide bonds. The van der Waals surface area contributed by atoms with Gasteiger partial charge in [-0.3, -0.25) is 4.79 Å². The van der Waals surface area contributed by atoms with E-state index in [1.165, 1.54) is 12.4 Å². The van der Waals surface area contributed by atoms with Crippen molar-refractivity contribution in [2.24, 2.45) is 0 Å². The number of likely N-dealkylation sites (tertiary alicyclic amines) is 1. The van der Waals surface area contributed by atoms with Gasteiger partial charge in [-0.2, -0.15) is 0 Å². The molecule has 0 aliphatic carbocycles. The van der Waals surface area contributed by atoms with Crippen LogP contribution < -0.4 is 4.90 Å². The number of hydrogen-bond acceptors (Lipinski definition) is 8. The lowest BCUT2D eigenvalue weighted by molar-refractivity contribution is -0.181. The molecule has 3 aliphatic heterocycles. The van der Waals surface area contributed by atoms with Gasteiger partial charge >= 0.3 is 0 Å². The quantitative estimate of drug-likeness (QED) is 0.708. The number of aromatic nitrogens is 2. The van der Waals surface area contributed by atoms with E-state index >= 15 is 0 Å². The lowest BCUT2D eigenvalue weighted by atomic mass is 10.0. The van der Waals surface area contributed by atoms with E-state index in [9.17, 15) is 13.2 Å². The lowest BCUT2D eigenvalue weighted by Crippen LogP contribution is -2.47.